The average molecular weight is 1280 g/mol. The largest absolute Gasteiger partial charge is 0.445 e. The van der Waals surface area contributed by atoms with Gasteiger partial charge in [0, 0.05) is 63.4 Å². The maximum Gasteiger partial charge on any atom is 0.407 e. The second-order valence-electron chi connectivity index (χ2n) is 22.4. The number of fused-ring (bicyclic) bond motifs is 4. The van der Waals surface area contributed by atoms with Crippen molar-refractivity contribution in [3.05, 3.63) is 93.2 Å². The number of aliphatic hydroxyl groups is 1. The van der Waals surface area contributed by atoms with Crippen molar-refractivity contribution < 1.29 is 75.3 Å². The summed E-state index contributed by atoms with van der Waals surface area (Å²) < 4.78 is 73.3. The molecular formula is C54H71N15O18P2. The van der Waals surface area contributed by atoms with Crippen LogP contribution >= 0.6 is 15.2 Å². The minimum atomic E-state index is -4.33. The van der Waals surface area contributed by atoms with Crippen molar-refractivity contribution in [2.45, 2.75) is 127 Å². The molecule has 1 aromatic carbocycles. The number of aromatic amines is 2. The number of imidazole rings is 2. The van der Waals surface area contributed by atoms with Crippen LogP contribution in [0, 0.1) is 11.8 Å². The highest BCUT2D eigenvalue weighted by Crippen LogP contribution is 2.54. The number of primary amides is 1. The number of aliphatic hydroxyl groups excluding tert-OH is 1. The van der Waals surface area contributed by atoms with Crippen molar-refractivity contribution in [2.75, 3.05) is 51.1 Å². The van der Waals surface area contributed by atoms with E-state index in [2.05, 4.69) is 52.4 Å². The van der Waals surface area contributed by atoms with Crippen molar-refractivity contribution in [3.63, 3.8) is 0 Å². The molecule has 12 atom stereocenters. The third kappa shape index (κ3) is 15.9. The molecule has 0 aliphatic carbocycles. The Balaban J connectivity index is 0.860. The van der Waals surface area contributed by atoms with E-state index in [0.29, 0.717) is 42.6 Å². The van der Waals surface area contributed by atoms with Crippen LogP contribution < -0.4 is 44.3 Å². The third-order valence-electron chi connectivity index (χ3n) is 15.4. The third-order valence-corrected chi connectivity index (χ3v) is 17.8. The van der Waals surface area contributed by atoms with Gasteiger partial charge >= 0.3 is 27.3 Å². The first-order valence-electron chi connectivity index (χ1n) is 28.6. The Morgan fingerprint density at radius 2 is 1.40 bits per heavy atom. The molecule has 4 aromatic heterocycles. The van der Waals surface area contributed by atoms with Crippen molar-refractivity contribution in [1.29, 1.82) is 0 Å². The van der Waals surface area contributed by atoms with Crippen LogP contribution in [0.4, 0.5) is 21.5 Å². The molecule has 5 aromatic rings. The number of amides is 5. The molecule has 0 radical (unpaired) electrons. The van der Waals surface area contributed by atoms with Gasteiger partial charge in [-0.2, -0.15) is 9.97 Å². The van der Waals surface area contributed by atoms with Gasteiger partial charge in [-0.25, -0.2) is 19.6 Å². The van der Waals surface area contributed by atoms with E-state index in [9.17, 15) is 52.6 Å². The number of hydrogen-bond donors (Lipinski definition) is 9. The van der Waals surface area contributed by atoms with Gasteiger partial charge in [-0.3, -0.25) is 61.5 Å². The number of Topliss-reactive ketones (excluding diaryl/α,β-unsaturated/α-hetero) is 2. The van der Waals surface area contributed by atoms with Gasteiger partial charge in [-0.05, 0) is 48.8 Å². The Kier molecular flexibility index (Phi) is 20.4. The highest BCUT2D eigenvalue weighted by atomic mass is 31.2. The van der Waals surface area contributed by atoms with Crippen molar-refractivity contribution >= 4 is 84.9 Å². The molecule has 33 nitrogen and oxygen atoms in total. The summed E-state index contributed by atoms with van der Waals surface area (Å²) in [6, 6.07) is 3.30. The molecule has 8 heterocycles. The average Bonchev–Trinajstić information content (AvgIpc) is 1.68. The summed E-state index contributed by atoms with van der Waals surface area (Å²) in [7, 11) is -8.59. The second kappa shape index (κ2) is 27.8. The lowest BCUT2D eigenvalue weighted by atomic mass is 9.88. The molecule has 0 spiro atoms. The number of alkyl carbamates (subject to hydrolysis) is 1. The van der Waals surface area contributed by atoms with E-state index in [1.54, 1.807) is 35.2 Å². The Labute approximate surface area is 507 Å². The number of allylic oxidation sites excluding steroid dienone is 1. The van der Waals surface area contributed by atoms with Crippen LogP contribution in [0.5, 0.6) is 0 Å². The Bertz CT molecular complexity index is 3740. The smallest absolute Gasteiger partial charge is 0.407 e. The Morgan fingerprint density at radius 1 is 0.820 bits per heavy atom. The number of ketones is 2. The van der Waals surface area contributed by atoms with Crippen LogP contribution in [0.1, 0.15) is 82.4 Å². The van der Waals surface area contributed by atoms with Gasteiger partial charge in [-0.15, -0.1) is 0 Å². The molecule has 480 valence electrons. The van der Waals surface area contributed by atoms with Crippen LogP contribution in [-0.2, 0) is 73.6 Å². The molecule has 4 aliphatic heterocycles. The number of nitrogens with one attached hydrogen (secondary N) is 5. The number of anilines is 2. The molecule has 5 amide bonds. The summed E-state index contributed by atoms with van der Waals surface area (Å²) in [5.74, 6) is -2.60. The summed E-state index contributed by atoms with van der Waals surface area (Å²) >= 11 is 0. The molecule has 35 heteroatoms. The van der Waals surface area contributed by atoms with E-state index < -0.39 is 119 Å². The summed E-state index contributed by atoms with van der Waals surface area (Å²) in [5.41, 5.74) is 16.7. The van der Waals surface area contributed by atoms with Gasteiger partial charge in [0.2, 0.25) is 17.8 Å². The number of benzene rings is 1. The number of aromatic nitrogens is 8. The van der Waals surface area contributed by atoms with Gasteiger partial charge in [-0.1, -0.05) is 51.1 Å². The molecule has 12 N–H and O–H groups in total. The fourth-order valence-electron chi connectivity index (χ4n) is 10.8. The number of ether oxygens (including phenoxy) is 3. The quantitative estimate of drug-likeness (QED) is 0.0334. The first kappa shape index (κ1) is 65.4. The number of rotatable bonds is 23. The van der Waals surface area contributed by atoms with E-state index >= 15 is 0 Å². The van der Waals surface area contributed by atoms with E-state index in [1.807, 2.05) is 13.8 Å². The van der Waals surface area contributed by atoms with Crippen LogP contribution in [0.25, 0.3) is 22.3 Å². The standard InChI is InChI=1S/C54H71N15O18P2/c1-27(2)32(21-31(70)10-7-6-8-19-67-28(3)12-17-37(67)72)46(74)61-33(11-9-18-58-53(57)77)34(71)20-29-13-15-30(16-14-29)22-81-54(78)62-38-42-35(84-49(38)68-25-59-39-44(68)63-51(55)65-47(39)75)23-82-89(5,80)87-43-36(24-83-88(4,79)86-42)85-50(41(43)73)69-26-60-40-45(69)64-52(56)66-48(40)76/h12-17,25-27,32-33,35-36,38,41-43,49-50,73H,3,6-11,18-24H2,1-2,4-5H3,(H,61,74)(H,62,78)(H3,57,58,77)(H3,55,63,65,75)(H3,56,64,66,76)/t32-,33-,35+,36+,38?,41?,42-,43-,49+,50+,88?,89?/m0/s1. The first-order valence-corrected chi connectivity index (χ1v) is 32.5. The molecule has 0 bridgehead atoms. The summed E-state index contributed by atoms with van der Waals surface area (Å²) in [6.07, 6.45) is -3.34. The predicted octanol–water partition coefficient (Wildman–Crippen LogP) is 2.08. The predicted molar refractivity (Wildman–Crippen MR) is 315 cm³/mol. The van der Waals surface area contributed by atoms with E-state index in [0.717, 1.165) is 13.3 Å². The lowest BCUT2D eigenvalue weighted by Gasteiger charge is -2.30. The fourth-order valence-corrected chi connectivity index (χ4v) is 13.2. The monoisotopic (exact) mass is 1280 g/mol. The minimum Gasteiger partial charge on any atom is -0.445 e. The van der Waals surface area contributed by atoms with Crippen molar-refractivity contribution in [2.24, 2.45) is 17.6 Å². The zero-order valence-corrected chi connectivity index (χ0v) is 50.8. The number of H-pyrrole nitrogens is 2. The Hall–Kier alpha value is -8.00. The summed E-state index contributed by atoms with van der Waals surface area (Å²) in [5, 5.41) is 19.7. The fraction of sp³-hybridized carbons (Fsp3) is 0.519. The van der Waals surface area contributed by atoms with E-state index in [-0.39, 0.29) is 103 Å². The van der Waals surface area contributed by atoms with Crippen LogP contribution in [-0.4, -0.2) is 167 Å². The minimum absolute atomic E-state index is 0.0357. The number of carbonyl (C=O) groups excluding carboxylic acids is 6. The summed E-state index contributed by atoms with van der Waals surface area (Å²) in [6.45, 7) is 8.74. The zero-order chi connectivity index (χ0) is 64.1. The number of nitrogen functional groups attached to an aromatic ring is 2. The molecule has 4 aliphatic rings. The molecule has 4 unspecified atom stereocenters. The maximum atomic E-state index is 14.5. The lowest BCUT2D eigenvalue weighted by molar-refractivity contribution is -0.133. The number of carbonyl (C=O) groups is 6. The molecule has 9 rings (SSSR count). The number of unbranched alkanes of at least 4 members (excludes halogenated alkanes) is 2. The second-order valence-corrected chi connectivity index (χ2v) is 26.4. The normalized spacial score (nSPS) is 26.1. The molecule has 0 saturated carbocycles. The Morgan fingerprint density at radius 3 is 2.00 bits per heavy atom. The van der Waals surface area contributed by atoms with E-state index in [1.165, 1.54) is 27.9 Å². The molecule has 3 saturated heterocycles. The number of hydrogen-bond acceptors (Lipinski definition) is 24. The number of nitrogens with two attached hydrogens (primary N) is 3. The SMILES string of the molecule is C=C1C=CC(=O)N1CCCCCC(=O)C[C@H](C(=O)N[C@@H](CCCNC(N)=O)C(=O)Cc1ccc(COC(=O)NC2[C@H]3OP(C)(=O)OC[C@H]4O[C@@H](n5cnc6c(=O)[nH]c(N)nc65)C(O)[C@H]4OP(C)(=O)OC[C@H]3O[C@H]2n2cnc3c(=O)[nH]c(N)nc32)cc1)C(C)C. The summed E-state index contributed by atoms with van der Waals surface area (Å²) in [4.78, 5) is 127. The topological polar surface area (TPSA) is 466 Å². The molecular weight excluding hydrogens is 1210 g/mol. The maximum absolute atomic E-state index is 14.5. The van der Waals surface area contributed by atoms with Gasteiger partial charge in [0.15, 0.2) is 40.6 Å². The van der Waals surface area contributed by atoms with Crippen LogP contribution in [0.3, 0.4) is 0 Å². The highest BCUT2D eigenvalue weighted by Gasteiger charge is 2.54. The first-order chi connectivity index (χ1) is 42.2. The van der Waals surface area contributed by atoms with Gasteiger partial charge in [0.1, 0.15) is 49.0 Å². The van der Waals surface area contributed by atoms with Crippen LogP contribution in [0.2, 0.25) is 0 Å². The van der Waals surface area contributed by atoms with Crippen LogP contribution in [0.15, 0.2) is 70.9 Å². The van der Waals surface area contributed by atoms with E-state index in [4.69, 9.17) is 49.5 Å². The van der Waals surface area contributed by atoms with Crippen molar-refractivity contribution in [3.8, 4) is 0 Å². The van der Waals surface area contributed by atoms with Gasteiger partial charge < -0.3 is 70.9 Å². The van der Waals surface area contributed by atoms with Gasteiger partial charge in [0.05, 0.1) is 31.9 Å². The molecule has 89 heavy (non-hydrogen) atoms. The van der Waals surface area contributed by atoms with Gasteiger partial charge in [0.25, 0.3) is 17.0 Å². The highest BCUT2D eigenvalue weighted by molar-refractivity contribution is 7.53. The molecule has 3 fully saturated rings. The number of urea groups is 1. The zero-order valence-electron chi connectivity index (χ0n) is 49.0. The number of nitrogens with zero attached hydrogens (tertiary/aromatic N) is 7. The lowest BCUT2D eigenvalue weighted by Crippen LogP contribution is -2.48. The van der Waals surface area contributed by atoms with Crippen molar-refractivity contribution in [1.82, 2.24) is 59.9 Å².